The fourth-order valence-corrected chi connectivity index (χ4v) is 18.4. The molecule has 0 radical (unpaired) electrons. The molecular weight excluding hydrogens is 1080 g/mol. The van der Waals surface area contributed by atoms with Crippen molar-refractivity contribution in [2.75, 3.05) is 26.9 Å². The number of aliphatic hydroxyl groups excluding tert-OH is 3. The summed E-state index contributed by atoms with van der Waals surface area (Å²) in [6.07, 6.45) is 18.0. The molecular formula is C75H80O11. The van der Waals surface area contributed by atoms with E-state index in [2.05, 4.69) is 121 Å². The second kappa shape index (κ2) is 23.3. The van der Waals surface area contributed by atoms with Crippen molar-refractivity contribution < 1.29 is 48.3 Å². The molecule has 6 aliphatic carbocycles. The molecule has 86 heavy (non-hydrogen) atoms. The van der Waals surface area contributed by atoms with E-state index in [4.69, 9.17) is 23.4 Å². The first-order valence-electron chi connectivity index (χ1n) is 32.0. The lowest BCUT2D eigenvalue weighted by atomic mass is 9.56. The summed E-state index contributed by atoms with van der Waals surface area (Å²) in [5.41, 5.74) is 9.68. The SMILES string of the molecule is COC[C@@H](CCO)c1c(CO)c2ccc3c(c2oc1=O)[C@H]1OC(=O)C[C@H]2C[C@@H](c4cccc([C@@]56CCCC[C@@H]5C=Cc5ccccc56)c4)CC[C@H]2c2ccc(cc2)CC/C(=C(\C)CO)C(=O)O[C@@H]1[C@@]1(CCC[C@@H]2[C@H]4C=Cc5ccccc5[C@H]4C[C@@H]21)O3. The standard InChI is InChI=1S/C75H80O11/c1-44(41-77)55-28-21-45-19-22-47(23-20-45)56-29-26-50(49-13-9-15-54(38-49)74-34-8-7-14-53(74)27-24-48-12-4-6-18-63(48)74)37-52(56)39-66(79)83-70-68-65(32-31-60-62(42-78)67(73(81)84-69(60)68)51(33-36-76)43-82-2)86-75(71(70)85-72(55)80)35-10-17-59-58-30-25-46-11-3-5-16-57(46)61(58)40-64(59)75/h3-6,9,11-13,15-16,18-20,22-25,27,30-32,38,50-53,56,58-59,61,64,70-71,76-78H,7-8,10,14,17,21,26,28-29,33-37,39-43H2,1-2H3/b55-44-/t50-,51+,52+,53+,56-,58+,59+,61+,64-,70+,71-,74+,75-/m0/s1. The van der Waals surface area contributed by atoms with Gasteiger partial charge in [0.1, 0.15) is 11.3 Å². The molecule has 1 aromatic heterocycles. The summed E-state index contributed by atoms with van der Waals surface area (Å²) in [5, 5.41) is 32.8. The molecule has 0 amide bonds. The van der Waals surface area contributed by atoms with Gasteiger partial charge in [0.05, 0.1) is 25.4 Å². The zero-order valence-corrected chi connectivity index (χ0v) is 49.6. The van der Waals surface area contributed by atoms with Crippen LogP contribution in [0.1, 0.15) is 188 Å². The van der Waals surface area contributed by atoms with Gasteiger partial charge in [0.15, 0.2) is 17.8 Å². The first-order chi connectivity index (χ1) is 42.0. The van der Waals surface area contributed by atoms with Crippen LogP contribution >= 0.6 is 0 Å². The molecule has 11 heteroatoms. The van der Waals surface area contributed by atoms with E-state index in [0.717, 1.165) is 62.5 Å². The van der Waals surface area contributed by atoms with Crippen molar-refractivity contribution in [2.45, 2.75) is 157 Å². The molecule has 1 spiro atoms. The van der Waals surface area contributed by atoms with Crippen LogP contribution in [0.4, 0.5) is 0 Å². The maximum Gasteiger partial charge on any atom is 0.340 e. The van der Waals surface area contributed by atoms with Crippen LogP contribution in [0.2, 0.25) is 0 Å². The van der Waals surface area contributed by atoms with Gasteiger partial charge in [0, 0.05) is 53.9 Å². The summed E-state index contributed by atoms with van der Waals surface area (Å²) in [7, 11) is 1.53. The molecule has 15 rings (SSSR count). The molecule has 5 aromatic carbocycles. The number of carbonyl (C=O) groups excluding carboxylic acids is 2. The van der Waals surface area contributed by atoms with Crippen LogP contribution in [0.3, 0.4) is 0 Å². The zero-order chi connectivity index (χ0) is 58.8. The predicted molar refractivity (Wildman–Crippen MR) is 331 cm³/mol. The molecule has 2 bridgehead atoms. The molecule has 6 aromatic rings. The lowest BCUT2D eigenvalue weighted by Crippen LogP contribution is -2.62. The molecule has 0 unspecified atom stereocenters. The van der Waals surface area contributed by atoms with Crippen molar-refractivity contribution >= 4 is 35.1 Å². The quantitative estimate of drug-likeness (QED) is 0.0718. The number of aliphatic hydroxyl groups is 3. The lowest BCUT2D eigenvalue weighted by Gasteiger charge is -2.53. The van der Waals surface area contributed by atoms with E-state index in [0.29, 0.717) is 46.6 Å². The fraction of sp³-hybridized carbons (Fsp3) is 0.453. The molecule has 4 saturated carbocycles. The number of benzene rings is 5. The Balaban J connectivity index is 0.910. The Morgan fingerprint density at radius 3 is 2.42 bits per heavy atom. The summed E-state index contributed by atoms with van der Waals surface area (Å²) < 4.78 is 34.1. The van der Waals surface area contributed by atoms with Gasteiger partial charge >= 0.3 is 17.6 Å². The summed E-state index contributed by atoms with van der Waals surface area (Å²) in [4.78, 5) is 46.3. The second-order valence-corrected chi connectivity index (χ2v) is 26.5. The number of methoxy groups -OCH3 is 1. The fourth-order valence-electron chi connectivity index (χ4n) is 18.4. The average molecular weight is 1160 g/mol. The van der Waals surface area contributed by atoms with Gasteiger partial charge in [-0.25, -0.2) is 9.59 Å². The largest absolute Gasteiger partial charge is 0.482 e. The van der Waals surface area contributed by atoms with Gasteiger partial charge in [-0.05, 0) is 193 Å². The lowest BCUT2D eigenvalue weighted by molar-refractivity contribution is -0.212. The number of hydrogen-bond donors (Lipinski definition) is 3. The van der Waals surface area contributed by atoms with E-state index in [1.807, 2.05) is 6.07 Å². The number of carbonyl (C=O) groups is 2. The number of hydrogen-bond acceptors (Lipinski definition) is 11. The normalized spacial score (nSPS) is 30.9. The Kier molecular flexibility index (Phi) is 15.4. The van der Waals surface area contributed by atoms with Gasteiger partial charge < -0.3 is 38.7 Å². The van der Waals surface area contributed by atoms with Gasteiger partial charge in [0.25, 0.3) is 0 Å². The highest BCUT2D eigenvalue weighted by atomic mass is 16.6. The molecule has 4 heterocycles. The van der Waals surface area contributed by atoms with Crippen LogP contribution in [0.15, 0.2) is 142 Å². The minimum atomic E-state index is -1.33. The molecule has 446 valence electrons. The van der Waals surface area contributed by atoms with E-state index in [-0.39, 0.29) is 103 Å². The Labute approximate surface area is 504 Å². The van der Waals surface area contributed by atoms with Crippen LogP contribution in [-0.4, -0.2) is 65.9 Å². The van der Waals surface area contributed by atoms with Gasteiger partial charge in [0.2, 0.25) is 0 Å². The van der Waals surface area contributed by atoms with Gasteiger partial charge in [-0.2, -0.15) is 0 Å². The first-order valence-corrected chi connectivity index (χ1v) is 32.0. The van der Waals surface area contributed by atoms with Crippen molar-refractivity contribution in [2.24, 2.45) is 29.6 Å². The summed E-state index contributed by atoms with van der Waals surface area (Å²) in [6, 6.07) is 39.3. The third-order valence-corrected chi connectivity index (χ3v) is 22.3. The Morgan fingerprint density at radius 2 is 1.59 bits per heavy atom. The predicted octanol–water partition coefficient (Wildman–Crippen LogP) is 13.8. The van der Waals surface area contributed by atoms with Crippen molar-refractivity contribution in [1.82, 2.24) is 0 Å². The van der Waals surface area contributed by atoms with Gasteiger partial charge in [-0.15, -0.1) is 0 Å². The topological polar surface area (TPSA) is 162 Å². The molecule has 11 nitrogen and oxygen atoms in total. The molecule has 9 aliphatic rings. The smallest absolute Gasteiger partial charge is 0.340 e. The Hall–Kier alpha value is -6.89. The van der Waals surface area contributed by atoms with E-state index >= 15 is 9.59 Å². The summed E-state index contributed by atoms with van der Waals surface area (Å²) in [5.74, 6) is -0.534. The van der Waals surface area contributed by atoms with Gasteiger partial charge in [-0.1, -0.05) is 134 Å². The van der Waals surface area contributed by atoms with E-state index in [1.165, 1.54) is 53.3 Å². The van der Waals surface area contributed by atoms with Gasteiger partial charge in [-0.3, -0.25) is 4.79 Å². The third-order valence-electron chi connectivity index (χ3n) is 22.3. The maximum atomic E-state index is 16.0. The van der Waals surface area contributed by atoms with Crippen molar-refractivity contribution in [3.8, 4) is 5.75 Å². The van der Waals surface area contributed by atoms with E-state index < -0.39 is 47.9 Å². The first kappa shape index (κ1) is 56.9. The number of allylic oxidation sites excluding steroid dienone is 2. The Morgan fingerprint density at radius 1 is 0.767 bits per heavy atom. The highest BCUT2D eigenvalue weighted by Gasteiger charge is 2.65. The van der Waals surface area contributed by atoms with Crippen LogP contribution in [-0.2, 0) is 42.2 Å². The molecule has 13 atom stereocenters. The minimum absolute atomic E-state index is 0.0369. The van der Waals surface area contributed by atoms with Crippen molar-refractivity contribution in [3.63, 3.8) is 0 Å². The van der Waals surface area contributed by atoms with Crippen molar-refractivity contribution in [1.29, 1.82) is 0 Å². The van der Waals surface area contributed by atoms with Crippen LogP contribution in [0.5, 0.6) is 5.75 Å². The molecule has 4 fully saturated rings. The number of ether oxygens (including phenoxy) is 4. The third kappa shape index (κ3) is 9.56. The average Bonchev–Trinajstić information content (AvgIpc) is 1.32. The molecule has 3 aliphatic heterocycles. The van der Waals surface area contributed by atoms with E-state index in [1.54, 1.807) is 13.0 Å². The molecule has 3 N–H and O–H groups in total. The highest BCUT2D eigenvalue weighted by Crippen LogP contribution is 2.64. The number of esters is 2. The minimum Gasteiger partial charge on any atom is -0.482 e. The van der Waals surface area contributed by atoms with Crippen LogP contribution < -0.4 is 10.4 Å². The zero-order valence-electron chi connectivity index (χ0n) is 49.6. The van der Waals surface area contributed by atoms with E-state index in [9.17, 15) is 20.1 Å². The Bertz CT molecular complexity index is 3730. The number of fused-ring (bicyclic) bond motifs is 20. The second-order valence-electron chi connectivity index (χ2n) is 26.5. The maximum absolute atomic E-state index is 16.0. The number of rotatable bonds is 9. The molecule has 0 saturated heterocycles. The highest BCUT2D eigenvalue weighted by molar-refractivity contribution is 5.90. The monoisotopic (exact) mass is 1160 g/mol. The number of aryl methyl sites for hydroxylation is 1. The summed E-state index contributed by atoms with van der Waals surface area (Å²) in [6.45, 7) is 0.728. The summed E-state index contributed by atoms with van der Waals surface area (Å²) >= 11 is 0. The van der Waals surface area contributed by atoms with Crippen LogP contribution in [0, 0.1) is 29.6 Å². The van der Waals surface area contributed by atoms with Crippen molar-refractivity contribution in [3.05, 3.63) is 204 Å². The van der Waals surface area contributed by atoms with Crippen LogP contribution in [0.25, 0.3) is 23.1 Å².